The fourth-order valence-electron chi connectivity index (χ4n) is 2.38. The lowest BCUT2D eigenvalue weighted by Gasteiger charge is -2.12. The maximum Gasteiger partial charge on any atom is 0.211 e. The van der Waals surface area contributed by atoms with E-state index in [1.165, 1.54) is 11.8 Å². The summed E-state index contributed by atoms with van der Waals surface area (Å²) in [5.41, 5.74) is 3.38. The molecule has 0 fully saturated rings. The summed E-state index contributed by atoms with van der Waals surface area (Å²) < 4.78 is 11.3. The number of hydrogen-bond acceptors (Lipinski definition) is 3. The number of aryl methyl sites for hydroxylation is 2. The minimum absolute atomic E-state index is 0.0838. The van der Waals surface area contributed by atoms with Gasteiger partial charge in [0.25, 0.3) is 0 Å². The third-order valence-electron chi connectivity index (χ3n) is 3.74. The van der Waals surface area contributed by atoms with Crippen molar-refractivity contribution in [3.63, 3.8) is 0 Å². The zero-order chi connectivity index (χ0) is 15.7. The monoisotopic (exact) mass is 314 g/mol. The van der Waals surface area contributed by atoms with Crippen LogP contribution in [0.3, 0.4) is 0 Å². The van der Waals surface area contributed by atoms with Gasteiger partial charge in [0.15, 0.2) is 0 Å². The Morgan fingerprint density at radius 2 is 1.91 bits per heavy atom. The molecule has 3 nitrogen and oxygen atoms in total. The summed E-state index contributed by atoms with van der Waals surface area (Å²) in [4.78, 5) is 12.0. The maximum absolute atomic E-state index is 12.0. The molecule has 0 saturated heterocycles. The highest BCUT2D eigenvalue weighted by Gasteiger charge is 2.11. The first-order valence-corrected chi connectivity index (χ1v) is 7.33. The topological polar surface area (TPSA) is 39.4 Å². The SMILES string of the molecule is Cc1ccccc1COc1ccc2c(=O)c(Cl)coc2c1C. The van der Waals surface area contributed by atoms with Gasteiger partial charge < -0.3 is 9.15 Å². The standard InChI is InChI=1S/C18H15ClO3/c1-11-5-3-4-6-13(11)9-21-16-8-7-14-17(20)15(19)10-22-18(14)12(16)2/h3-8,10H,9H2,1-2H3. The molecule has 4 heteroatoms. The van der Waals surface area contributed by atoms with Gasteiger partial charge in [0.05, 0.1) is 5.39 Å². The van der Waals surface area contributed by atoms with E-state index >= 15 is 0 Å². The molecule has 0 atom stereocenters. The van der Waals surface area contributed by atoms with Crippen molar-refractivity contribution in [2.24, 2.45) is 0 Å². The van der Waals surface area contributed by atoms with E-state index in [9.17, 15) is 4.79 Å². The Morgan fingerprint density at radius 3 is 2.68 bits per heavy atom. The molecule has 22 heavy (non-hydrogen) atoms. The van der Waals surface area contributed by atoms with Crippen molar-refractivity contribution < 1.29 is 9.15 Å². The molecule has 1 aromatic heterocycles. The Hall–Kier alpha value is -2.26. The summed E-state index contributed by atoms with van der Waals surface area (Å²) >= 11 is 5.80. The second-order valence-corrected chi connectivity index (χ2v) is 5.60. The molecule has 0 unspecified atom stereocenters. The van der Waals surface area contributed by atoms with E-state index in [-0.39, 0.29) is 10.5 Å². The minimum Gasteiger partial charge on any atom is -0.488 e. The van der Waals surface area contributed by atoms with E-state index in [4.69, 9.17) is 20.8 Å². The quantitative estimate of drug-likeness (QED) is 0.707. The molecule has 0 aliphatic heterocycles. The lowest BCUT2D eigenvalue weighted by Crippen LogP contribution is -2.04. The van der Waals surface area contributed by atoms with Crippen molar-refractivity contribution in [2.75, 3.05) is 0 Å². The highest BCUT2D eigenvalue weighted by molar-refractivity contribution is 6.30. The highest BCUT2D eigenvalue weighted by atomic mass is 35.5. The molecule has 0 bridgehead atoms. The Kier molecular flexibility index (Phi) is 3.90. The molecule has 3 aromatic rings. The van der Waals surface area contributed by atoms with Crippen molar-refractivity contribution >= 4 is 22.6 Å². The summed E-state index contributed by atoms with van der Waals surface area (Å²) in [5, 5.41) is 0.550. The van der Waals surface area contributed by atoms with Crippen LogP contribution in [0.4, 0.5) is 0 Å². The van der Waals surface area contributed by atoms with Crippen LogP contribution < -0.4 is 10.2 Å². The third kappa shape index (κ3) is 2.60. The van der Waals surface area contributed by atoms with Crippen LogP contribution in [0.1, 0.15) is 16.7 Å². The maximum atomic E-state index is 12.0. The van der Waals surface area contributed by atoms with Gasteiger partial charge in [-0.25, -0.2) is 0 Å². The molecule has 0 spiro atoms. The van der Waals surface area contributed by atoms with E-state index in [2.05, 4.69) is 0 Å². The first-order chi connectivity index (χ1) is 10.6. The van der Waals surface area contributed by atoms with Gasteiger partial charge in [-0.05, 0) is 37.1 Å². The van der Waals surface area contributed by atoms with Gasteiger partial charge in [-0.2, -0.15) is 0 Å². The summed E-state index contributed by atoms with van der Waals surface area (Å²) in [6.07, 6.45) is 1.27. The summed E-state index contributed by atoms with van der Waals surface area (Å²) in [5.74, 6) is 0.696. The summed E-state index contributed by atoms with van der Waals surface area (Å²) in [6.45, 7) is 4.39. The summed E-state index contributed by atoms with van der Waals surface area (Å²) in [6, 6.07) is 11.5. The largest absolute Gasteiger partial charge is 0.488 e. The van der Waals surface area contributed by atoms with Crippen LogP contribution in [-0.2, 0) is 6.61 Å². The molecule has 112 valence electrons. The van der Waals surface area contributed by atoms with Gasteiger partial charge in [-0.1, -0.05) is 35.9 Å². The van der Waals surface area contributed by atoms with Gasteiger partial charge in [-0.15, -0.1) is 0 Å². The smallest absolute Gasteiger partial charge is 0.211 e. The molecule has 3 rings (SSSR count). The van der Waals surface area contributed by atoms with Crippen LogP contribution in [0.25, 0.3) is 11.0 Å². The number of halogens is 1. The van der Waals surface area contributed by atoms with Crippen LogP contribution >= 0.6 is 11.6 Å². The van der Waals surface area contributed by atoms with Gasteiger partial charge in [-0.3, -0.25) is 4.79 Å². The molecule has 0 saturated carbocycles. The second kappa shape index (κ2) is 5.85. The highest BCUT2D eigenvalue weighted by Crippen LogP contribution is 2.27. The van der Waals surface area contributed by atoms with E-state index in [1.807, 2.05) is 38.1 Å². The van der Waals surface area contributed by atoms with Gasteiger partial charge in [0.1, 0.15) is 29.2 Å². The molecule has 0 amide bonds. The van der Waals surface area contributed by atoms with Crippen molar-refractivity contribution in [2.45, 2.75) is 20.5 Å². The Bertz CT molecular complexity index is 896. The van der Waals surface area contributed by atoms with Crippen molar-refractivity contribution in [3.8, 4) is 5.75 Å². The zero-order valence-corrected chi connectivity index (χ0v) is 13.1. The van der Waals surface area contributed by atoms with Crippen molar-refractivity contribution in [1.29, 1.82) is 0 Å². The van der Waals surface area contributed by atoms with Crippen LogP contribution in [0.2, 0.25) is 5.02 Å². The van der Waals surface area contributed by atoms with Crippen LogP contribution in [0, 0.1) is 13.8 Å². The number of hydrogen-bond donors (Lipinski definition) is 0. The first-order valence-electron chi connectivity index (χ1n) is 6.96. The Morgan fingerprint density at radius 1 is 1.14 bits per heavy atom. The van der Waals surface area contributed by atoms with Crippen LogP contribution in [0.5, 0.6) is 5.75 Å². The first kappa shape index (κ1) is 14.7. The molecule has 0 radical (unpaired) electrons. The van der Waals surface area contributed by atoms with Gasteiger partial charge in [0, 0.05) is 5.56 Å². The number of benzene rings is 2. The van der Waals surface area contributed by atoms with Crippen LogP contribution in [-0.4, -0.2) is 0 Å². The fourth-order valence-corrected chi connectivity index (χ4v) is 2.53. The Labute approximate surface area is 133 Å². The van der Waals surface area contributed by atoms with Gasteiger partial charge in [0.2, 0.25) is 5.43 Å². The Balaban J connectivity index is 1.96. The lowest BCUT2D eigenvalue weighted by molar-refractivity contribution is 0.303. The predicted octanol–water partition coefficient (Wildman–Crippen LogP) is 4.64. The molecule has 1 heterocycles. The average molecular weight is 315 g/mol. The van der Waals surface area contributed by atoms with Gasteiger partial charge >= 0.3 is 0 Å². The fraction of sp³-hybridized carbons (Fsp3) is 0.167. The molecule has 0 aliphatic carbocycles. The molecular weight excluding hydrogens is 300 g/mol. The minimum atomic E-state index is -0.225. The van der Waals surface area contributed by atoms with Crippen LogP contribution in [0.15, 0.2) is 51.9 Å². The van der Waals surface area contributed by atoms with Crippen molar-refractivity contribution in [1.82, 2.24) is 0 Å². The molecule has 0 N–H and O–H groups in total. The average Bonchev–Trinajstić information content (AvgIpc) is 2.52. The van der Waals surface area contributed by atoms with E-state index in [0.717, 1.165) is 11.1 Å². The second-order valence-electron chi connectivity index (χ2n) is 5.19. The molecule has 2 aromatic carbocycles. The molecular formula is C18H15ClO3. The summed E-state index contributed by atoms with van der Waals surface area (Å²) in [7, 11) is 0. The number of fused-ring (bicyclic) bond motifs is 1. The van der Waals surface area contributed by atoms with E-state index in [1.54, 1.807) is 12.1 Å². The van der Waals surface area contributed by atoms with E-state index < -0.39 is 0 Å². The molecule has 0 aliphatic rings. The zero-order valence-electron chi connectivity index (χ0n) is 12.4. The number of ether oxygens (including phenoxy) is 1. The van der Waals surface area contributed by atoms with Crippen molar-refractivity contribution in [3.05, 3.63) is 74.6 Å². The normalized spacial score (nSPS) is 10.9. The number of rotatable bonds is 3. The van der Waals surface area contributed by atoms with E-state index in [0.29, 0.717) is 23.3 Å². The predicted molar refractivity (Wildman–Crippen MR) is 87.7 cm³/mol. The lowest BCUT2D eigenvalue weighted by atomic mass is 10.1. The third-order valence-corrected chi connectivity index (χ3v) is 4.00.